The van der Waals surface area contributed by atoms with Crippen LogP contribution in [-0.4, -0.2) is 17.9 Å². The monoisotopic (exact) mass is 337 g/mol. The first kappa shape index (κ1) is 16.4. The Morgan fingerprint density at radius 2 is 1.67 bits per heavy atom. The molecule has 0 aliphatic carbocycles. The summed E-state index contributed by atoms with van der Waals surface area (Å²) in [4.78, 5) is 15.8. The van der Waals surface area contributed by atoms with E-state index in [4.69, 9.17) is 4.42 Å². The third kappa shape index (κ3) is 4.09. The molecule has 0 saturated carbocycles. The zero-order chi connectivity index (χ0) is 16.8. The smallest absolute Gasteiger partial charge is 0.240 e. The average molecular weight is 337 g/mol. The SMILES string of the molecule is CN(Cc1ccco1)C(=O)C(Sc1ccccc1)c1ccccc1. The summed E-state index contributed by atoms with van der Waals surface area (Å²) in [6.45, 7) is 0.463. The third-order valence-corrected chi connectivity index (χ3v) is 4.93. The van der Waals surface area contributed by atoms with E-state index >= 15 is 0 Å². The second-order valence-corrected chi connectivity index (χ2v) is 6.67. The molecule has 1 amide bonds. The molecule has 1 unspecified atom stereocenters. The predicted octanol–water partition coefficient (Wildman–Crippen LogP) is 4.77. The molecule has 2 aromatic carbocycles. The van der Waals surface area contributed by atoms with Crippen LogP contribution >= 0.6 is 11.8 Å². The molecular weight excluding hydrogens is 318 g/mol. The number of carbonyl (C=O) groups excluding carboxylic acids is 1. The predicted molar refractivity (Wildman–Crippen MR) is 96.7 cm³/mol. The Hall–Kier alpha value is -2.46. The molecule has 3 nitrogen and oxygen atoms in total. The number of benzene rings is 2. The van der Waals surface area contributed by atoms with Crippen LogP contribution in [0.1, 0.15) is 16.6 Å². The minimum Gasteiger partial charge on any atom is -0.467 e. The maximum Gasteiger partial charge on any atom is 0.240 e. The molecule has 0 spiro atoms. The molecule has 4 heteroatoms. The number of furan rings is 1. The topological polar surface area (TPSA) is 33.5 Å². The Morgan fingerprint density at radius 3 is 2.29 bits per heavy atom. The molecule has 0 bridgehead atoms. The third-order valence-electron chi connectivity index (χ3n) is 3.67. The molecule has 24 heavy (non-hydrogen) atoms. The van der Waals surface area contributed by atoms with Gasteiger partial charge < -0.3 is 9.32 Å². The van der Waals surface area contributed by atoms with Crippen molar-refractivity contribution in [3.05, 3.63) is 90.4 Å². The number of nitrogens with zero attached hydrogens (tertiary/aromatic N) is 1. The molecule has 122 valence electrons. The Labute approximate surface area is 146 Å². The molecule has 1 heterocycles. The van der Waals surface area contributed by atoms with E-state index in [0.717, 1.165) is 16.2 Å². The zero-order valence-corrected chi connectivity index (χ0v) is 14.3. The molecule has 1 aromatic heterocycles. The summed E-state index contributed by atoms with van der Waals surface area (Å²) in [7, 11) is 1.81. The van der Waals surface area contributed by atoms with Gasteiger partial charge in [0.05, 0.1) is 12.8 Å². The van der Waals surface area contributed by atoms with E-state index in [-0.39, 0.29) is 11.2 Å². The van der Waals surface area contributed by atoms with Crippen LogP contribution in [0.2, 0.25) is 0 Å². The van der Waals surface area contributed by atoms with Gasteiger partial charge in [0.2, 0.25) is 5.91 Å². The van der Waals surface area contributed by atoms with Crippen molar-refractivity contribution in [3.8, 4) is 0 Å². The van der Waals surface area contributed by atoms with E-state index < -0.39 is 0 Å². The van der Waals surface area contributed by atoms with Gasteiger partial charge >= 0.3 is 0 Å². The Bertz CT molecular complexity index is 757. The average Bonchev–Trinajstić information content (AvgIpc) is 3.14. The highest BCUT2D eigenvalue weighted by Gasteiger charge is 2.25. The minimum atomic E-state index is -0.284. The fourth-order valence-electron chi connectivity index (χ4n) is 2.44. The van der Waals surface area contributed by atoms with E-state index in [1.54, 1.807) is 22.9 Å². The molecule has 0 aliphatic rings. The van der Waals surface area contributed by atoms with Gasteiger partial charge in [-0.15, -0.1) is 11.8 Å². The summed E-state index contributed by atoms with van der Waals surface area (Å²) in [6.07, 6.45) is 1.63. The lowest BCUT2D eigenvalue weighted by Gasteiger charge is -2.23. The van der Waals surface area contributed by atoms with Gasteiger partial charge in [0.15, 0.2) is 0 Å². The van der Waals surface area contributed by atoms with Gasteiger partial charge in [-0.1, -0.05) is 48.5 Å². The molecule has 1 atom stereocenters. The van der Waals surface area contributed by atoms with E-state index in [1.807, 2.05) is 79.8 Å². The highest BCUT2D eigenvalue weighted by Crippen LogP contribution is 2.36. The fraction of sp³-hybridized carbons (Fsp3) is 0.150. The molecule has 0 saturated heterocycles. The number of rotatable bonds is 6. The van der Waals surface area contributed by atoms with Crippen LogP contribution in [0.5, 0.6) is 0 Å². The van der Waals surface area contributed by atoms with Crippen molar-refractivity contribution in [2.75, 3.05) is 7.05 Å². The second kappa shape index (κ2) is 7.88. The Morgan fingerprint density at radius 1 is 1.00 bits per heavy atom. The van der Waals surface area contributed by atoms with Gasteiger partial charge in [0.1, 0.15) is 11.0 Å². The number of carbonyl (C=O) groups is 1. The summed E-state index contributed by atoms with van der Waals surface area (Å²) in [5.41, 5.74) is 1.00. The lowest BCUT2D eigenvalue weighted by atomic mass is 10.1. The lowest BCUT2D eigenvalue weighted by molar-refractivity contribution is -0.130. The molecule has 3 aromatic rings. The number of likely N-dealkylation sites (N-methyl/N-ethyl adjacent to an activating group) is 1. The summed E-state index contributed by atoms with van der Waals surface area (Å²) in [5.74, 6) is 0.842. The van der Waals surface area contributed by atoms with Crippen LogP contribution in [-0.2, 0) is 11.3 Å². The lowest BCUT2D eigenvalue weighted by Crippen LogP contribution is -2.30. The van der Waals surface area contributed by atoms with E-state index in [0.29, 0.717) is 6.54 Å². The summed E-state index contributed by atoms with van der Waals surface area (Å²) in [5, 5.41) is -0.284. The van der Waals surface area contributed by atoms with Gasteiger partial charge in [0.25, 0.3) is 0 Å². The highest BCUT2D eigenvalue weighted by molar-refractivity contribution is 8.00. The van der Waals surface area contributed by atoms with Gasteiger partial charge in [0, 0.05) is 11.9 Å². The summed E-state index contributed by atoms with van der Waals surface area (Å²) in [6, 6.07) is 23.6. The van der Waals surface area contributed by atoms with Crippen molar-refractivity contribution < 1.29 is 9.21 Å². The second-order valence-electron chi connectivity index (χ2n) is 5.50. The van der Waals surface area contributed by atoms with Crippen LogP contribution in [0, 0.1) is 0 Å². The van der Waals surface area contributed by atoms with Gasteiger partial charge in [-0.3, -0.25) is 4.79 Å². The highest BCUT2D eigenvalue weighted by atomic mass is 32.2. The maximum absolute atomic E-state index is 13.0. The largest absolute Gasteiger partial charge is 0.467 e. The standard InChI is InChI=1S/C20H19NO2S/c1-21(15-17-11-8-14-23-17)20(22)19(16-9-4-2-5-10-16)24-18-12-6-3-7-13-18/h2-14,19H,15H2,1H3. The Kier molecular flexibility index (Phi) is 5.39. The molecule has 0 N–H and O–H groups in total. The number of thioether (sulfide) groups is 1. The van der Waals surface area contributed by atoms with Crippen molar-refractivity contribution >= 4 is 17.7 Å². The first-order valence-corrected chi connectivity index (χ1v) is 8.66. The normalized spacial score (nSPS) is 11.9. The summed E-state index contributed by atoms with van der Waals surface area (Å²) >= 11 is 1.57. The van der Waals surface area contributed by atoms with Crippen LogP contribution in [0.25, 0.3) is 0 Å². The number of amides is 1. The van der Waals surface area contributed by atoms with Crippen molar-refractivity contribution in [1.82, 2.24) is 4.90 Å². The van der Waals surface area contributed by atoms with Crippen LogP contribution < -0.4 is 0 Å². The quantitative estimate of drug-likeness (QED) is 0.607. The van der Waals surface area contributed by atoms with Crippen molar-refractivity contribution in [3.63, 3.8) is 0 Å². The van der Waals surface area contributed by atoms with Crippen LogP contribution in [0.15, 0.2) is 88.4 Å². The first-order valence-electron chi connectivity index (χ1n) is 7.78. The molecular formula is C20H19NO2S. The van der Waals surface area contributed by atoms with Crippen LogP contribution in [0.4, 0.5) is 0 Å². The number of hydrogen-bond donors (Lipinski definition) is 0. The van der Waals surface area contributed by atoms with Gasteiger partial charge in [-0.25, -0.2) is 0 Å². The minimum absolute atomic E-state index is 0.0615. The zero-order valence-electron chi connectivity index (χ0n) is 13.5. The Balaban J connectivity index is 1.82. The fourth-order valence-corrected chi connectivity index (χ4v) is 3.60. The van der Waals surface area contributed by atoms with Gasteiger partial charge in [-0.2, -0.15) is 0 Å². The van der Waals surface area contributed by atoms with Gasteiger partial charge in [-0.05, 0) is 29.8 Å². The van der Waals surface area contributed by atoms with E-state index in [2.05, 4.69) is 0 Å². The molecule has 0 fully saturated rings. The van der Waals surface area contributed by atoms with Crippen molar-refractivity contribution in [2.45, 2.75) is 16.7 Å². The molecule has 0 radical (unpaired) electrons. The van der Waals surface area contributed by atoms with E-state index in [9.17, 15) is 4.79 Å². The first-order chi connectivity index (χ1) is 11.7. The number of hydrogen-bond acceptors (Lipinski definition) is 3. The van der Waals surface area contributed by atoms with Crippen LogP contribution in [0.3, 0.4) is 0 Å². The maximum atomic E-state index is 13.0. The molecule has 0 aliphatic heterocycles. The van der Waals surface area contributed by atoms with Crippen molar-refractivity contribution in [1.29, 1.82) is 0 Å². The molecule has 3 rings (SSSR count). The van der Waals surface area contributed by atoms with Crippen molar-refractivity contribution in [2.24, 2.45) is 0 Å². The summed E-state index contributed by atoms with van der Waals surface area (Å²) < 4.78 is 5.36. The van der Waals surface area contributed by atoms with E-state index in [1.165, 1.54) is 0 Å².